The Morgan fingerprint density at radius 3 is 2.72 bits per heavy atom. The van der Waals surface area contributed by atoms with Gasteiger partial charge in [-0.2, -0.15) is 0 Å². The maximum Gasteiger partial charge on any atom is 0.254 e. The van der Waals surface area contributed by atoms with E-state index in [2.05, 4.69) is 32.4 Å². The average Bonchev–Trinajstić information content (AvgIpc) is 3.34. The topological polar surface area (TPSA) is 102 Å². The molecule has 0 aliphatic heterocycles. The highest BCUT2D eigenvalue weighted by Crippen LogP contribution is 2.26. The van der Waals surface area contributed by atoms with E-state index in [1.165, 1.54) is 41.3 Å². The Morgan fingerprint density at radius 2 is 2.06 bits per heavy atom. The first-order valence-corrected chi connectivity index (χ1v) is 11.5. The Hall–Kier alpha value is -3.05. The van der Waals surface area contributed by atoms with Crippen molar-refractivity contribution in [3.8, 4) is 0 Å². The summed E-state index contributed by atoms with van der Waals surface area (Å²) in [6, 6.07) is 5.21. The van der Waals surface area contributed by atoms with Gasteiger partial charge in [-0.1, -0.05) is 30.0 Å². The van der Waals surface area contributed by atoms with Crippen LogP contribution in [0.4, 0.5) is 9.52 Å². The molecule has 2 unspecified atom stereocenters. The normalized spacial score (nSPS) is 12.8. The smallest absolute Gasteiger partial charge is 0.254 e. The maximum atomic E-state index is 13.9. The summed E-state index contributed by atoms with van der Waals surface area (Å²) in [6.45, 7) is 9.49. The van der Waals surface area contributed by atoms with Crippen LogP contribution in [0, 0.1) is 12.7 Å². The number of thioether (sulfide) groups is 1. The number of carbonyl (C=O) groups is 2. The van der Waals surface area contributed by atoms with Crippen LogP contribution in [-0.4, -0.2) is 36.8 Å². The highest BCUT2D eigenvalue weighted by molar-refractivity contribution is 8.00. The largest absolute Gasteiger partial charge is 0.342 e. The van der Waals surface area contributed by atoms with E-state index in [0.29, 0.717) is 22.7 Å². The zero-order valence-corrected chi connectivity index (χ0v) is 19.5. The fourth-order valence-corrected chi connectivity index (χ4v) is 4.38. The highest BCUT2D eigenvalue weighted by Gasteiger charge is 2.24. The lowest BCUT2D eigenvalue weighted by Crippen LogP contribution is -2.29. The number of hydrogen-bond donors (Lipinski definition) is 2. The van der Waals surface area contributed by atoms with Gasteiger partial charge in [-0.25, -0.2) is 9.37 Å². The fraction of sp³-hybridized carbons (Fsp3) is 0.286. The third-order valence-electron chi connectivity index (χ3n) is 4.41. The molecule has 168 valence electrons. The van der Waals surface area contributed by atoms with Crippen LogP contribution in [0.3, 0.4) is 0 Å². The number of amides is 2. The number of halogens is 1. The number of rotatable bonds is 9. The van der Waals surface area contributed by atoms with Crippen molar-refractivity contribution in [1.82, 2.24) is 25.1 Å². The van der Waals surface area contributed by atoms with Crippen LogP contribution in [0.25, 0.3) is 0 Å². The molecular weight excluding hydrogens is 451 g/mol. The summed E-state index contributed by atoms with van der Waals surface area (Å²) < 4.78 is 15.7. The predicted molar refractivity (Wildman–Crippen MR) is 123 cm³/mol. The summed E-state index contributed by atoms with van der Waals surface area (Å²) in [5, 5.41) is 16.4. The lowest BCUT2D eigenvalue weighted by atomic mass is 10.2. The van der Waals surface area contributed by atoms with E-state index in [-0.39, 0.29) is 11.5 Å². The third-order valence-corrected chi connectivity index (χ3v) is 6.37. The third kappa shape index (κ3) is 5.60. The zero-order valence-electron chi connectivity index (χ0n) is 17.8. The van der Waals surface area contributed by atoms with Crippen LogP contribution < -0.4 is 10.6 Å². The standard InChI is InChI=1S/C21H23FN6O2S2/c1-5-10-28-17(13(3)24-19(30)15-8-6-7-9-16(15)22)26-27-21(28)32-14(4)18(29)25-20-23-12(2)11-31-20/h5-9,11,13-14H,1,10H2,2-4H3,(H,24,30)(H,23,25,29). The molecule has 0 saturated heterocycles. The highest BCUT2D eigenvalue weighted by atomic mass is 32.2. The lowest BCUT2D eigenvalue weighted by molar-refractivity contribution is -0.115. The van der Waals surface area contributed by atoms with Gasteiger partial charge in [0.1, 0.15) is 5.82 Å². The Labute approximate surface area is 193 Å². The molecule has 0 radical (unpaired) electrons. The molecule has 1 aromatic carbocycles. The minimum atomic E-state index is -0.601. The van der Waals surface area contributed by atoms with Gasteiger partial charge in [0.2, 0.25) is 5.91 Å². The van der Waals surface area contributed by atoms with Crippen LogP contribution >= 0.6 is 23.1 Å². The van der Waals surface area contributed by atoms with Crippen LogP contribution in [0.1, 0.15) is 41.8 Å². The number of nitrogens with zero attached hydrogens (tertiary/aromatic N) is 4. The first-order valence-electron chi connectivity index (χ1n) is 9.79. The summed E-state index contributed by atoms with van der Waals surface area (Å²) in [5.74, 6) is -0.888. The molecule has 0 bridgehead atoms. The van der Waals surface area contributed by atoms with E-state index < -0.39 is 23.0 Å². The van der Waals surface area contributed by atoms with Gasteiger partial charge in [0.25, 0.3) is 5.91 Å². The van der Waals surface area contributed by atoms with Gasteiger partial charge >= 0.3 is 0 Å². The molecule has 3 aromatic rings. The molecule has 11 heteroatoms. The molecule has 0 aliphatic carbocycles. The molecule has 0 aliphatic rings. The van der Waals surface area contributed by atoms with Gasteiger partial charge < -0.3 is 15.2 Å². The van der Waals surface area contributed by atoms with Gasteiger partial charge in [-0.15, -0.1) is 28.1 Å². The minimum absolute atomic E-state index is 0.0496. The Bertz CT molecular complexity index is 1130. The second-order valence-corrected chi connectivity index (χ2v) is 9.12. The van der Waals surface area contributed by atoms with Gasteiger partial charge in [0.05, 0.1) is 22.5 Å². The molecule has 2 aromatic heterocycles. The molecule has 3 rings (SSSR count). The monoisotopic (exact) mass is 474 g/mol. The summed E-state index contributed by atoms with van der Waals surface area (Å²) in [5.41, 5.74) is 0.791. The number of allylic oxidation sites excluding steroid dienone is 1. The number of thiazole rings is 1. The van der Waals surface area contributed by atoms with Crippen LogP contribution in [0.5, 0.6) is 0 Å². The molecule has 8 nitrogen and oxygen atoms in total. The van der Waals surface area contributed by atoms with Crippen molar-refractivity contribution in [1.29, 1.82) is 0 Å². The van der Waals surface area contributed by atoms with Gasteiger partial charge in [0, 0.05) is 11.9 Å². The zero-order chi connectivity index (χ0) is 23.3. The summed E-state index contributed by atoms with van der Waals surface area (Å²) in [7, 11) is 0. The van der Waals surface area contributed by atoms with E-state index in [1.54, 1.807) is 30.6 Å². The SMILES string of the molecule is C=CCn1c(SC(C)C(=O)Nc2nc(C)cs2)nnc1C(C)NC(=O)c1ccccc1F. The van der Waals surface area contributed by atoms with Crippen molar-refractivity contribution in [2.75, 3.05) is 5.32 Å². The van der Waals surface area contributed by atoms with Crippen LogP contribution in [-0.2, 0) is 11.3 Å². The van der Waals surface area contributed by atoms with E-state index in [9.17, 15) is 14.0 Å². The molecule has 32 heavy (non-hydrogen) atoms. The van der Waals surface area contributed by atoms with Gasteiger partial charge in [0.15, 0.2) is 16.1 Å². The van der Waals surface area contributed by atoms with Crippen molar-refractivity contribution >= 4 is 40.0 Å². The van der Waals surface area contributed by atoms with Crippen molar-refractivity contribution in [3.63, 3.8) is 0 Å². The number of nitrogens with one attached hydrogen (secondary N) is 2. The number of aromatic nitrogens is 4. The first kappa shape index (κ1) is 23.6. The second kappa shape index (κ2) is 10.5. The van der Waals surface area contributed by atoms with E-state index >= 15 is 0 Å². The molecule has 2 heterocycles. The Kier molecular flexibility index (Phi) is 7.75. The average molecular weight is 475 g/mol. The predicted octanol–water partition coefficient (Wildman–Crippen LogP) is 3.98. The Morgan fingerprint density at radius 1 is 1.31 bits per heavy atom. The molecule has 0 saturated carbocycles. The van der Waals surface area contributed by atoms with Gasteiger partial charge in [-0.05, 0) is 32.9 Å². The van der Waals surface area contributed by atoms with Crippen molar-refractivity contribution in [2.45, 2.75) is 43.8 Å². The number of aryl methyl sites for hydroxylation is 1. The number of hydrogen-bond acceptors (Lipinski definition) is 7. The lowest BCUT2D eigenvalue weighted by Gasteiger charge is -2.16. The number of anilines is 1. The molecular formula is C21H23FN6O2S2. The number of benzene rings is 1. The number of carbonyl (C=O) groups excluding carboxylic acids is 2. The second-order valence-electron chi connectivity index (χ2n) is 6.96. The quantitative estimate of drug-likeness (QED) is 0.359. The fourth-order valence-electron chi connectivity index (χ4n) is 2.82. The molecule has 2 N–H and O–H groups in total. The maximum absolute atomic E-state index is 13.9. The first-order chi connectivity index (χ1) is 15.3. The summed E-state index contributed by atoms with van der Waals surface area (Å²) in [6.07, 6.45) is 1.67. The molecule has 0 fully saturated rings. The summed E-state index contributed by atoms with van der Waals surface area (Å²) >= 11 is 2.59. The van der Waals surface area contributed by atoms with Crippen LogP contribution in [0.15, 0.2) is 47.5 Å². The molecule has 2 amide bonds. The van der Waals surface area contributed by atoms with Crippen molar-refractivity contribution < 1.29 is 14.0 Å². The molecule has 0 spiro atoms. The van der Waals surface area contributed by atoms with Gasteiger partial charge in [-0.3, -0.25) is 9.59 Å². The molecule has 2 atom stereocenters. The van der Waals surface area contributed by atoms with E-state index in [0.717, 1.165) is 5.69 Å². The Balaban J connectivity index is 1.72. The van der Waals surface area contributed by atoms with Crippen LogP contribution in [0.2, 0.25) is 0 Å². The van der Waals surface area contributed by atoms with Crippen molar-refractivity contribution in [2.24, 2.45) is 0 Å². The summed E-state index contributed by atoms with van der Waals surface area (Å²) in [4.78, 5) is 29.2. The van der Waals surface area contributed by atoms with E-state index in [1.807, 2.05) is 12.3 Å². The van der Waals surface area contributed by atoms with E-state index in [4.69, 9.17) is 0 Å². The van der Waals surface area contributed by atoms with Crippen molar-refractivity contribution in [3.05, 3.63) is 65.2 Å². The minimum Gasteiger partial charge on any atom is -0.342 e.